The quantitative estimate of drug-likeness (QED) is 0.912. The lowest BCUT2D eigenvalue weighted by Gasteiger charge is -2.23. The number of hydrogen-bond acceptors (Lipinski definition) is 2. The molecule has 2 unspecified atom stereocenters. The van der Waals surface area contributed by atoms with Gasteiger partial charge in [-0.05, 0) is 37.0 Å². The van der Waals surface area contributed by atoms with Gasteiger partial charge in [0.05, 0.1) is 12.5 Å². The van der Waals surface area contributed by atoms with Crippen LogP contribution in [0.3, 0.4) is 0 Å². The van der Waals surface area contributed by atoms with Crippen molar-refractivity contribution in [1.29, 1.82) is 0 Å². The van der Waals surface area contributed by atoms with Crippen LogP contribution in [0.15, 0.2) is 24.4 Å². The molecule has 2 atom stereocenters. The molecule has 1 aromatic heterocycles. The zero-order valence-corrected chi connectivity index (χ0v) is 13.3. The summed E-state index contributed by atoms with van der Waals surface area (Å²) < 4.78 is 0. The second-order valence-electron chi connectivity index (χ2n) is 6.52. The molecule has 1 aliphatic carbocycles. The third-order valence-corrected chi connectivity index (χ3v) is 4.89. The number of carbonyl (C=O) groups is 1. The first-order chi connectivity index (χ1) is 10.6. The van der Waals surface area contributed by atoms with Crippen LogP contribution in [0.5, 0.6) is 0 Å². The van der Waals surface area contributed by atoms with Crippen LogP contribution in [0.1, 0.15) is 30.4 Å². The summed E-state index contributed by atoms with van der Waals surface area (Å²) >= 11 is 0. The molecule has 22 heavy (non-hydrogen) atoms. The molecule has 4 nitrogen and oxygen atoms in total. The minimum Gasteiger partial charge on any atom is -0.393 e. The highest BCUT2D eigenvalue weighted by atomic mass is 16.3. The average Bonchev–Trinajstić information content (AvgIpc) is 3.07. The molecule has 3 rings (SSSR count). The van der Waals surface area contributed by atoms with Crippen LogP contribution in [-0.2, 0) is 11.2 Å². The van der Waals surface area contributed by atoms with Gasteiger partial charge in [0.1, 0.15) is 0 Å². The van der Waals surface area contributed by atoms with Gasteiger partial charge in [0.15, 0.2) is 0 Å². The molecule has 4 heteroatoms. The van der Waals surface area contributed by atoms with E-state index in [4.69, 9.17) is 0 Å². The lowest BCUT2D eigenvalue weighted by molar-refractivity contribution is -0.130. The third kappa shape index (κ3) is 2.88. The number of carbonyl (C=O) groups excluding carboxylic acids is 1. The predicted octanol–water partition coefficient (Wildman–Crippen LogP) is 2.64. The fourth-order valence-corrected chi connectivity index (χ4v) is 3.57. The van der Waals surface area contributed by atoms with E-state index in [9.17, 15) is 9.90 Å². The van der Waals surface area contributed by atoms with Gasteiger partial charge in [0, 0.05) is 36.6 Å². The lowest BCUT2D eigenvalue weighted by Crippen LogP contribution is -2.35. The van der Waals surface area contributed by atoms with Crippen molar-refractivity contribution in [3.63, 3.8) is 0 Å². The molecule has 0 saturated heterocycles. The van der Waals surface area contributed by atoms with Crippen molar-refractivity contribution in [2.24, 2.45) is 5.92 Å². The van der Waals surface area contributed by atoms with E-state index in [0.717, 1.165) is 35.7 Å². The van der Waals surface area contributed by atoms with Crippen LogP contribution in [0.25, 0.3) is 10.9 Å². The number of aryl methyl sites for hydroxylation is 1. The van der Waals surface area contributed by atoms with Gasteiger partial charge < -0.3 is 15.0 Å². The van der Waals surface area contributed by atoms with Crippen molar-refractivity contribution in [3.8, 4) is 0 Å². The summed E-state index contributed by atoms with van der Waals surface area (Å²) in [6.07, 6.45) is 5.05. The molecule has 1 fully saturated rings. The Labute approximate surface area is 131 Å². The van der Waals surface area contributed by atoms with Gasteiger partial charge in [0.25, 0.3) is 0 Å². The summed E-state index contributed by atoms with van der Waals surface area (Å²) in [7, 11) is 1.84. The van der Waals surface area contributed by atoms with E-state index in [-0.39, 0.29) is 17.9 Å². The number of rotatable bonds is 4. The molecule has 1 heterocycles. The van der Waals surface area contributed by atoms with E-state index in [0.29, 0.717) is 13.0 Å². The molecule has 2 aromatic rings. The van der Waals surface area contributed by atoms with Gasteiger partial charge in [-0.25, -0.2) is 0 Å². The molecule has 0 radical (unpaired) electrons. The fourth-order valence-electron chi connectivity index (χ4n) is 3.57. The number of amides is 1. The normalized spacial score (nSPS) is 21.4. The van der Waals surface area contributed by atoms with E-state index in [2.05, 4.69) is 18.0 Å². The Bertz CT molecular complexity index is 677. The summed E-state index contributed by atoms with van der Waals surface area (Å²) in [5.74, 6) is 0.349. The number of aliphatic hydroxyl groups excluding tert-OH is 1. The number of hydrogen-bond donors (Lipinski definition) is 2. The van der Waals surface area contributed by atoms with Crippen molar-refractivity contribution in [2.75, 3.05) is 13.6 Å². The Balaban J connectivity index is 1.70. The molecule has 1 amide bonds. The Morgan fingerprint density at radius 2 is 2.23 bits per heavy atom. The maximum Gasteiger partial charge on any atom is 0.226 e. The molecule has 1 saturated carbocycles. The monoisotopic (exact) mass is 300 g/mol. The first-order valence-electron chi connectivity index (χ1n) is 8.04. The zero-order valence-electron chi connectivity index (χ0n) is 13.3. The van der Waals surface area contributed by atoms with Crippen molar-refractivity contribution in [3.05, 3.63) is 35.5 Å². The summed E-state index contributed by atoms with van der Waals surface area (Å²) in [6.45, 7) is 2.73. The third-order valence-electron chi connectivity index (χ3n) is 4.89. The molecule has 2 N–H and O–H groups in total. The number of aliphatic hydroxyl groups is 1. The maximum absolute atomic E-state index is 12.5. The number of H-pyrrole nitrogens is 1. The van der Waals surface area contributed by atoms with Crippen LogP contribution in [0, 0.1) is 12.8 Å². The number of aromatic amines is 1. The van der Waals surface area contributed by atoms with Gasteiger partial charge in [-0.15, -0.1) is 0 Å². The van der Waals surface area contributed by atoms with E-state index < -0.39 is 0 Å². The SMILES string of the molecule is Cc1cccc2[nH]cc(CC(=O)N(C)CC3CCCC3O)c12. The number of nitrogens with zero attached hydrogens (tertiary/aromatic N) is 1. The Morgan fingerprint density at radius 3 is 2.95 bits per heavy atom. The molecule has 0 aliphatic heterocycles. The lowest BCUT2D eigenvalue weighted by atomic mass is 10.0. The van der Waals surface area contributed by atoms with Crippen LogP contribution < -0.4 is 0 Å². The zero-order chi connectivity index (χ0) is 15.7. The van der Waals surface area contributed by atoms with Crippen molar-refractivity contribution < 1.29 is 9.90 Å². The van der Waals surface area contributed by atoms with E-state index in [1.165, 1.54) is 5.56 Å². The van der Waals surface area contributed by atoms with E-state index in [1.807, 2.05) is 25.4 Å². The number of aromatic nitrogens is 1. The Kier molecular flexibility index (Phi) is 4.21. The van der Waals surface area contributed by atoms with Crippen LogP contribution >= 0.6 is 0 Å². The van der Waals surface area contributed by atoms with Crippen molar-refractivity contribution >= 4 is 16.8 Å². The Hall–Kier alpha value is -1.81. The highest BCUT2D eigenvalue weighted by Gasteiger charge is 2.27. The van der Waals surface area contributed by atoms with Crippen molar-refractivity contribution in [2.45, 2.75) is 38.7 Å². The van der Waals surface area contributed by atoms with E-state index in [1.54, 1.807) is 4.90 Å². The average molecular weight is 300 g/mol. The summed E-state index contributed by atoms with van der Waals surface area (Å²) in [4.78, 5) is 17.5. The van der Waals surface area contributed by atoms with Gasteiger partial charge in [0.2, 0.25) is 5.91 Å². The highest BCUT2D eigenvalue weighted by molar-refractivity contribution is 5.90. The number of benzene rings is 1. The molecular weight excluding hydrogens is 276 g/mol. The molecule has 0 spiro atoms. The predicted molar refractivity (Wildman–Crippen MR) is 87.7 cm³/mol. The minimum atomic E-state index is -0.245. The summed E-state index contributed by atoms with van der Waals surface area (Å²) in [5, 5.41) is 11.1. The van der Waals surface area contributed by atoms with Crippen molar-refractivity contribution in [1.82, 2.24) is 9.88 Å². The topological polar surface area (TPSA) is 56.3 Å². The molecule has 1 aromatic carbocycles. The van der Waals surface area contributed by atoms with Gasteiger partial charge in [-0.2, -0.15) is 0 Å². The first-order valence-corrected chi connectivity index (χ1v) is 8.04. The number of nitrogens with one attached hydrogen (secondary N) is 1. The largest absolute Gasteiger partial charge is 0.393 e. The number of fused-ring (bicyclic) bond motifs is 1. The molecular formula is C18H24N2O2. The molecule has 1 aliphatic rings. The maximum atomic E-state index is 12.5. The first kappa shape index (κ1) is 15.1. The minimum absolute atomic E-state index is 0.114. The second kappa shape index (κ2) is 6.13. The van der Waals surface area contributed by atoms with Gasteiger partial charge >= 0.3 is 0 Å². The highest BCUT2D eigenvalue weighted by Crippen LogP contribution is 2.27. The standard InChI is InChI=1S/C18H24N2O2/c1-12-5-3-7-15-18(12)14(10-19-15)9-17(22)20(2)11-13-6-4-8-16(13)21/h3,5,7,10,13,16,19,21H,4,6,8-9,11H2,1-2H3. The smallest absolute Gasteiger partial charge is 0.226 e. The summed E-state index contributed by atoms with van der Waals surface area (Å²) in [6, 6.07) is 6.13. The van der Waals surface area contributed by atoms with Crippen LogP contribution in [0.4, 0.5) is 0 Å². The van der Waals surface area contributed by atoms with Crippen LogP contribution in [0.2, 0.25) is 0 Å². The van der Waals surface area contributed by atoms with Gasteiger partial charge in [-0.1, -0.05) is 18.6 Å². The molecule has 0 bridgehead atoms. The second-order valence-corrected chi connectivity index (χ2v) is 6.52. The fraction of sp³-hybridized carbons (Fsp3) is 0.500. The number of likely N-dealkylation sites (N-methyl/N-ethyl adjacent to an activating group) is 1. The molecule has 118 valence electrons. The van der Waals surface area contributed by atoms with Gasteiger partial charge in [-0.3, -0.25) is 4.79 Å². The summed E-state index contributed by atoms with van der Waals surface area (Å²) in [5.41, 5.74) is 3.32. The van der Waals surface area contributed by atoms with Crippen LogP contribution in [-0.4, -0.2) is 40.6 Å². The Morgan fingerprint density at radius 1 is 1.41 bits per heavy atom. The van der Waals surface area contributed by atoms with E-state index >= 15 is 0 Å².